The second kappa shape index (κ2) is 6.40. The summed E-state index contributed by atoms with van der Waals surface area (Å²) >= 11 is 0. The summed E-state index contributed by atoms with van der Waals surface area (Å²) in [6, 6.07) is -0.540. The first-order valence-electron chi connectivity index (χ1n) is 5.00. The SMILES string of the molecule is COC(=O)CC(C)NC(C(N)=O)C(C)C. The molecule has 5 nitrogen and oxygen atoms in total. The van der Waals surface area contributed by atoms with E-state index in [0.717, 1.165) is 0 Å². The van der Waals surface area contributed by atoms with Crippen LogP contribution in [0.25, 0.3) is 0 Å². The van der Waals surface area contributed by atoms with Gasteiger partial charge in [0, 0.05) is 6.04 Å². The van der Waals surface area contributed by atoms with Gasteiger partial charge in [-0.2, -0.15) is 0 Å². The van der Waals surface area contributed by atoms with Gasteiger partial charge in [-0.05, 0) is 12.8 Å². The summed E-state index contributed by atoms with van der Waals surface area (Å²) in [5.74, 6) is -0.605. The van der Waals surface area contributed by atoms with Crippen molar-refractivity contribution in [1.29, 1.82) is 0 Å². The van der Waals surface area contributed by atoms with Gasteiger partial charge in [-0.15, -0.1) is 0 Å². The first kappa shape index (κ1) is 13.9. The minimum atomic E-state index is -0.412. The van der Waals surface area contributed by atoms with E-state index in [1.54, 1.807) is 0 Å². The van der Waals surface area contributed by atoms with E-state index in [1.165, 1.54) is 7.11 Å². The summed E-state index contributed by atoms with van der Waals surface area (Å²) in [5.41, 5.74) is 5.23. The largest absolute Gasteiger partial charge is 0.469 e. The highest BCUT2D eigenvalue weighted by atomic mass is 16.5. The first-order valence-corrected chi connectivity index (χ1v) is 5.00. The summed E-state index contributed by atoms with van der Waals surface area (Å²) < 4.78 is 4.53. The van der Waals surface area contributed by atoms with E-state index >= 15 is 0 Å². The Hall–Kier alpha value is -1.10. The van der Waals surface area contributed by atoms with Crippen LogP contribution in [0.2, 0.25) is 0 Å². The van der Waals surface area contributed by atoms with Gasteiger partial charge in [0.25, 0.3) is 0 Å². The summed E-state index contributed by atoms with van der Waals surface area (Å²) in [6.07, 6.45) is 0.229. The van der Waals surface area contributed by atoms with E-state index in [-0.39, 0.29) is 24.3 Å². The Morgan fingerprint density at radius 3 is 2.20 bits per heavy atom. The van der Waals surface area contributed by atoms with Crippen molar-refractivity contribution in [2.75, 3.05) is 7.11 Å². The molecule has 0 fully saturated rings. The van der Waals surface area contributed by atoms with Crippen molar-refractivity contribution in [3.05, 3.63) is 0 Å². The number of carbonyl (C=O) groups excluding carboxylic acids is 2. The highest BCUT2D eigenvalue weighted by Crippen LogP contribution is 2.04. The zero-order valence-corrected chi connectivity index (χ0v) is 9.74. The third-order valence-electron chi connectivity index (χ3n) is 2.14. The maximum absolute atomic E-state index is 11.1. The Morgan fingerprint density at radius 2 is 1.87 bits per heavy atom. The third kappa shape index (κ3) is 5.37. The van der Waals surface area contributed by atoms with Crippen molar-refractivity contribution in [1.82, 2.24) is 5.32 Å². The van der Waals surface area contributed by atoms with Crippen LogP contribution in [0.3, 0.4) is 0 Å². The van der Waals surface area contributed by atoms with Crippen molar-refractivity contribution in [2.45, 2.75) is 39.3 Å². The van der Waals surface area contributed by atoms with Crippen molar-refractivity contribution in [3.63, 3.8) is 0 Å². The molecule has 2 unspecified atom stereocenters. The van der Waals surface area contributed by atoms with Gasteiger partial charge in [-0.1, -0.05) is 13.8 Å². The molecule has 0 aromatic heterocycles. The highest BCUT2D eigenvalue weighted by Gasteiger charge is 2.22. The van der Waals surface area contributed by atoms with Gasteiger partial charge in [0.1, 0.15) is 0 Å². The molecule has 0 aliphatic rings. The highest BCUT2D eigenvalue weighted by molar-refractivity contribution is 5.80. The number of rotatable bonds is 6. The van der Waals surface area contributed by atoms with Gasteiger partial charge in [0.05, 0.1) is 19.6 Å². The number of esters is 1. The van der Waals surface area contributed by atoms with Crippen LogP contribution < -0.4 is 11.1 Å². The molecule has 3 N–H and O–H groups in total. The average molecular weight is 216 g/mol. The lowest BCUT2D eigenvalue weighted by molar-refractivity contribution is -0.141. The first-order chi connectivity index (χ1) is 6.88. The predicted octanol–water partition coefficient (Wildman–Crippen LogP) is 0.0375. The molecule has 0 aliphatic carbocycles. The monoisotopic (exact) mass is 216 g/mol. The number of carbonyl (C=O) groups is 2. The Bertz CT molecular complexity index is 229. The molecule has 0 saturated carbocycles. The number of nitrogens with two attached hydrogens (primary N) is 1. The third-order valence-corrected chi connectivity index (χ3v) is 2.14. The van der Waals surface area contributed by atoms with Gasteiger partial charge in [-0.3, -0.25) is 9.59 Å². The lowest BCUT2D eigenvalue weighted by Crippen LogP contribution is -2.49. The minimum absolute atomic E-state index is 0.0996. The molecular formula is C10H20N2O3. The zero-order chi connectivity index (χ0) is 12.0. The summed E-state index contributed by atoms with van der Waals surface area (Å²) in [4.78, 5) is 22.0. The lowest BCUT2D eigenvalue weighted by atomic mass is 10.0. The maximum Gasteiger partial charge on any atom is 0.307 e. The molecule has 0 heterocycles. The summed E-state index contributed by atoms with van der Waals surface area (Å²) in [6.45, 7) is 5.61. The fourth-order valence-corrected chi connectivity index (χ4v) is 1.30. The van der Waals surface area contributed by atoms with Crippen LogP contribution in [0.15, 0.2) is 0 Å². The van der Waals surface area contributed by atoms with Crippen molar-refractivity contribution in [3.8, 4) is 0 Å². The van der Waals surface area contributed by atoms with Crippen LogP contribution in [0.5, 0.6) is 0 Å². The van der Waals surface area contributed by atoms with Gasteiger partial charge >= 0.3 is 5.97 Å². The van der Waals surface area contributed by atoms with Crippen molar-refractivity contribution in [2.24, 2.45) is 11.7 Å². The van der Waals surface area contributed by atoms with Crippen LogP contribution in [0.4, 0.5) is 0 Å². The van der Waals surface area contributed by atoms with Gasteiger partial charge in [0.2, 0.25) is 5.91 Å². The Kier molecular flexibility index (Phi) is 5.93. The number of amides is 1. The van der Waals surface area contributed by atoms with E-state index in [9.17, 15) is 9.59 Å². The predicted molar refractivity (Wildman–Crippen MR) is 57.1 cm³/mol. The molecule has 88 valence electrons. The molecule has 0 radical (unpaired) electrons. The molecular weight excluding hydrogens is 196 g/mol. The molecule has 0 bridgehead atoms. The number of hydrogen-bond donors (Lipinski definition) is 2. The second-order valence-electron chi connectivity index (χ2n) is 3.97. The molecule has 5 heteroatoms. The van der Waals surface area contributed by atoms with E-state index in [0.29, 0.717) is 0 Å². The van der Waals surface area contributed by atoms with E-state index in [2.05, 4.69) is 10.1 Å². The van der Waals surface area contributed by atoms with E-state index < -0.39 is 11.9 Å². The van der Waals surface area contributed by atoms with E-state index in [1.807, 2.05) is 20.8 Å². The number of primary amides is 1. The maximum atomic E-state index is 11.1. The van der Waals surface area contributed by atoms with Crippen LogP contribution in [-0.2, 0) is 14.3 Å². The van der Waals surface area contributed by atoms with Gasteiger partial charge < -0.3 is 15.8 Å². The quantitative estimate of drug-likeness (QED) is 0.614. The topological polar surface area (TPSA) is 81.4 Å². The summed E-state index contributed by atoms with van der Waals surface area (Å²) in [5, 5.41) is 3.01. The lowest BCUT2D eigenvalue weighted by Gasteiger charge is -2.23. The number of hydrogen-bond acceptors (Lipinski definition) is 4. The van der Waals surface area contributed by atoms with Crippen LogP contribution >= 0.6 is 0 Å². The molecule has 0 aliphatic heterocycles. The van der Waals surface area contributed by atoms with Crippen molar-refractivity contribution >= 4 is 11.9 Å². The van der Waals surface area contributed by atoms with Crippen LogP contribution in [0, 0.1) is 5.92 Å². The number of ether oxygens (including phenoxy) is 1. The normalized spacial score (nSPS) is 14.7. The molecule has 0 aromatic rings. The number of nitrogens with one attached hydrogen (secondary N) is 1. The fourth-order valence-electron chi connectivity index (χ4n) is 1.30. The molecule has 1 amide bonds. The minimum Gasteiger partial charge on any atom is -0.469 e. The standard InChI is InChI=1S/C10H20N2O3/c1-6(2)9(10(11)14)12-7(3)5-8(13)15-4/h6-7,9,12H,5H2,1-4H3,(H2,11,14). The molecule has 2 atom stereocenters. The zero-order valence-electron chi connectivity index (χ0n) is 9.74. The summed E-state index contributed by atoms with van der Waals surface area (Å²) in [7, 11) is 1.34. The second-order valence-corrected chi connectivity index (χ2v) is 3.97. The molecule has 0 aromatic carbocycles. The van der Waals surface area contributed by atoms with Gasteiger partial charge in [0.15, 0.2) is 0 Å². The average Bonchev–Trinajstić information content (AvgIpc) is 2.12. The Labute approximate surface area is 90.4 Å². The smallest absolute Gasteiger partial charge is 0.307 e. The molecule has 0 spiro atoms. The Balaban J connectivity index is 4.17. The molecule has 0 rings (SSSR count). The van der Waals surface area contributed by atoms with Crippen LogP contribution in [-0.4, -0.2) is 31.1 Å². The van der Waals surface area contributed by atoms with E-state index in [4.69, 9.17) is 5.73 Å². The molecule has 15 heavy (non-hydrogen) atoms. The van der Waals surface area contributed by atoms with Crippen LogP contribution in [0.1, 0.15) is 27.2 Å². The Morgan fingerprint density at radius 1 is 1.33 bits per heavy atom. The fraction of sp³-hybridized carbons (Fsp3) is 0.800. The van der Waals surface area contributed by atoms with Crippen molar-refractivity contribution < 1.29 is 14.3 Å². The number of methoxy groups -OCH3 is 1. The molecule has 0 saturated heterocycles. The van der Waals surface area contributed by atoms with Gasteiger partial charge in [-0.25, -0.2) is 0 Å².